The molecule has 0 spiro atoms. The van der Waals surface area contributed by atoms with Crippen LogP contribution >= 0.6 is 0 Å². The fraction of sp³-hybridized carbons (Fsp3) is 0.500. The second kappa shape index (κ2) is 6.48. The van der Waals surface area contributed by atoms with Crippen molar-refractivity contribution < 1.29 is 27.3 Å². The molecule has 0 aliphatic carbocycles. The number of oxazole rings is 1. The average molecular weight is 397 g/mol. The molecule has 10 nitrogen and oxygen atoms in total. The number of fused-ring (bicyclic) bond motifs is 1. The Morgan fingerprint density at radius 3 is 2.74 bits per heavy atom. The molecule has 1 atom stereocenters. The third-order valence-corrected chi connectivity index (χ3v) is 5.97. The van der Waals surface area contributed by atoms with E-state index in [1.165, 1.54) is 17.0 Å². The Morgan fingerprint density at radius 2 is 2.11 bits per heavy atom. The maximum atomic E-state index is 12.8. The summed E-state index contributed by atoms with van der Waals surface area (Å²) >= 11 is 0. The molecule has 0 radical (unpaired) electrons. The molecule has 1 aromatic carbocycles. The molecule has 1 fully saturated rings. The molecule has 0 N–H and O–H groups in total. The summed E-state index contributed by atoms with van der Waals surface area (Å²) in [6, 6.07) is 3.67. The van der Waals surface area contributed by atoms with E-state index < -0.39 is 36.9 Å². The number of benzene rings is 1. The third-order valence-electron chi connectivity index (χ3n) is 4.04. The monoisotopic (exact) mass is 397 g/mol. The predicted molar refractivity (Wildman–Crippen MR) is 94.1 cm³/mol. The first-order valence-electron chi connectivity index (χ1n) is 8.24. The van der Waals surface area contributed by atoms with E-state index in [0.717, 1.165) is 6.07 Å². The lowest BCUT2D eigenvalue weighted by Crippen LogP contribution is -2.36. The number of carbonyl (C=O) groups excluding carboxylic acids is 1. The molecule has 2 aromatic rings. The van der Waals surface area contributed by atoms with Gasteiger partial charge in [0.15, 0.2) is 5.58 Å². The first-order valence-corrected chi connectivity index (χ1v) is 9.79. The third kappa shape index (κ3) is 3.87. The van der Waals surface area contributed by atoms with Crippen LogP contribution in [0, 0.1) is 10.1 Å². The number of aromatic nitrogens is 1. The molecule has 1 amide bonds. The molecule has 1 aromatic heterocycles. The lowest BCUT2D eigenvalue weighted by atomic mass is 10.2. The van der Waals surface area contributed by atoms with Crippen molar-refractivity contribution in [3.8, 4) is 0 Å². The number of amides is 1. The van der Waals surface area contributed by atoms with E-state index >= 15 is 0 Å². The van der Waals surface area contributed by atoms with Crippen LogP contribution in [-0.2, 0) is 14.6 Å². The van der Waals surface area contributed by atoms with Gasteiger partial charge in [-0.3, -0.25) is 10.1 Å². The molecule has 1 aliphatic rings. The first-order chi connectivity index (χ1) is 12.5. The summed E-state index contributed by atoms with van der Waals surface area (Å²) in [4.78, 5) is 27.6. The van der Waals surface area contributed by atoms with Gasteiger partial charge >= 0.3 is 11.3 Å². The van der Waals surface area contributed by atoms with Gasteiger partial charge in [-0.05, 0) is 33.3 Å². The molecule has 0 bridgehead atoms. The molecule has 11 heteroatoms. The van der Waals surface area contributed by atoms with Crippen LogP contribution in [0.3, 0.4) is 0 Å². The summed E-state index contributed by atoms with van der Waals surface area (Å²) in [5.41, 5.74) is -0.661. The van der Waals surface area contributed by atoms with Crippen LogP contribution in [0.2, 0.25) is 0 Å². The lowest BCUT2D eigenvalue weighted by molar-refractivity contribution is -0.384. The van der Waals surface area contributed by atoms with E-state index in [4.69, 9.17) is 9.15 Å². The normalized spacial score (nSPS) is 18.0. The fourth-order valence-corrected chi connectivity index (χ4v) is 4.25. The number of hydrogen-bond acceptors (Lipinski definition) is 8. The zero-order valence-corrected chi connectivity index (χ0v) is 15.9. The van der Waals surface area contributed by atoms with Crippen molar-refractivity contribution in [1.29, 1.82) is 0 Å². The van der Waals surface area contributed by atoms with Crippen molar-refractivity contribution >= 4 is 32.7 Å². The number of non-ortho nitro benzene ring substituents is 1. The van der Waals surface area contributed by atoms with Crippen LogP contribution in [0.15, 0.2) is 27.8 Å². The summed E-state index contributed by atoms with van der Waals surface area (Å²) in [6.45, 7) is 5.40. The number of nitro groups is 1. The van der Waals surface area contributed by atoms with E-state index in [1.54, 1.807) is 20.8 Å². The van der Waals surface area contributed by atoms with Crippen molar-refractivity contribution in [3.63, 3.8) is 0 Å². The Morgan fingerprint density at radius 1 is 1.41 bits per heavy atom. The minimum atomic E-state index is -3.94. The molecule has 0 unspecified atom stereocenters. The highest BCUT2D eigenvalue weighted by atomic mass is 32.2. The van der Waals surface area contributed by atoms with Crippen molar-refractivity contribution in [1.82, 2.24) is 9.88 Å². The van der Waals surface area contributed by atoms with E-state index in [9.17, 15) is 23.3 Å². The van der Waals surface area contributed by atoms with Gasteiger partial charge in [-0.25, -0.2) is 13.2 Å². The number of nitrogens with zero attached hydrogens (tertiary/aromatic N) is 3. The van der Waals surface area contributed by atoms with Gasteiger partial charge in [-0.15, -0.1) is 0 Å². The quantitative estimate of drug-likeness (QED) is 0.570. The number of rotatable bonds is 3. The standard InChI is InChI=1S/C16H19N3O7S/c1-16(2,3)26-15(20)18-7-6-11(9-18)27(23,24)14-17-12-8-10(19(21)22)4-5-13(12)25-14/h4-5,8,11H,6-7,9H2,1-3H3/t11-/m0/s1. The second-order valence-corrected chi connectivity index (χ2v) is 9.38. The van der Waals surface area contributed by atoms with E-state index in [-0.39, 0.29) is 36.3 Å². The van der Waals surface area contributed by atoms with Crippen molar-refractivity contribution in [3.05, 3.63) is 28.3 Å². The highest BCUT2D eigenvalue weighted by molar-refractivity contribution is 7.91. The Labute approximate surface area is 155 Å². The maximum absolute atomic E-state index is 12.8. The van der Waals surface area contributed by atoms with E-state index in [2.05, 4.69) is 4.98 Å². The summed E-state index contributed by atoms with van der Waals surface area (Å²) in [5.74, 6) is 0. The van der Waals surface area contributed by atoms with Gasteiger partial charge < -0.3 is 14.1 Å². The second-order valence-electron chi connectivity index (χ2n) is 7.27. The van der Waals surface area contributed by atoms with Gasteiger partial charge in [-0.2, -0.15) is 4.98 Å². The molecule has 146 valence electrons. The van der Waals surface area contributed by atoms with Crippen molar-refractivity contribution in [2.75, 3.05) is 13.1 Å². The zero-order valence-electron chi connectivity index (χ0n) is 15.0. The first kappa shape index (κ1) is 19.1. The highest BCUT2D eigenvalue weighted by Crippen LogP contribution is 2.28. The fourth-order valence-electron chi connectivity index (χ4n) is 2.75. The Kier molecular flexibility index (Phi) is 4.58. The number of likely N-dealkylation sites (tertiary alicyclic amines) is 1. The molecule has 1 saturated heterocycles. The summed E-state index contributed by atoms with van der Waals surface area (Å²) in [6.07, 6.45) is -0.353. The molecular weight excluding hydrogens is 378 g/mol. The van der Waals surface area contributed by atoms with Crippen LogP contribution in [0.25, 0.3) is 11.1 Å². The molecule has 3 rings (SSSR count). The minimum Gasteiger partial charge on any atom is -0.444 e. The van der Waals surface area contributed by atoms with Gasteiger partial charge in [-0.1, -0.05) is 0 Å². The SMILES string of the molecule is CC(C)(C)OC(=O)N1CC[C@H](S(=O)(=O)c2nc3cc([N+](=O)[O-])ccc3o2)C1. The number of nitro benzene ring substituents is 1. The molecule has 27 heavy (non-hydrogen) atoms. The number of carbonyl (C=O) groups is 1. The van der Waals surface area contributed by atoms with Crippen LogP contribution in [0.4, 0.5) is 10.5 Å². The largest absolute Gasteiger partial charge is 0.444 e. The van der Waals surface area contributed by atoms with Gasteiger partial charge in [0.1, 0.15) is 11.1 Å². The van der Waals surface area contributed by atoms with Gasteiger partial charge in [0.05, 0.1) is 10.2 Å². The summed E-state index contributed by atoms with van der Waals surface area (Å²) in [5, 5.41) is 9.45. The van der Waals surface area contributed by atoms with Gasteiger partial charge in [0.2, 0.25) is 9.84 Å². The van der Waals surface area contributed by atoms with Crippen LogP contribution in [0.1, 0.15) is 27.2 Å². The lowest BCUT2D eigenvalue weighted by Gasteiger charge is -2.24. The zero-order chi connectivity index (χ0) is 20.0. The van der Waals surface area contributed by atoms with Crippen LogP contribution in [-0.4, -0.2) is 53.3 Å². The van der Waals surface area contributed by atoms with Crippen LogP contribution in [0.5, 0.6) is 0 Å². The Balaban J connectivity index is 1.82. The topological polar surface area (TPSA) is 133 Å². The number of sulfone groups is 1. The number of ether oxygens (including phenoxy) is 1. The Bertz CT molecular complexity index is 1010. The molecular formula is C16H19N3O7S. The molecule has 2 heterocycles. The van der Waals surface area contributed by atoms with Crippen molar-refractivity contribution in [2.24, 2.45) is 0 Å². The van der Waals surface area contributed by atoms with Gasteiger partial charge in [0.25, 0.3) is 5.69 Å². The summed E-state index contributed by atoms with van der Waals surface area (Å²) in [7, 11) is -3.94. The van der Waals surface area contributed by atoms with Gasteiger partial charge in [0, 0.05) is 25.2 Å². The Hall–Kier alpha value is -2.69. The predicted octanol–water partition coefficient (Wildman–Crippen LogP) is 2.52. The number of hydrogen-bond donors (Lipinski definition) is 0. The summed E-state index contributed by atoms with van der Waals surface area (Å²) < 4.78 is 36.2. The van der Waals surface area contributed by atoms with E-state index in [0.29, 0.717) is 0 Å². The van der Waals surface area contributed by atoms with E-state index in [1.807, 2.05) is 0 Å². The molecule has 0 saturated carbocycles. The minimum absolute atomic E-state index is 0.0316. The van der Waals surface area contributed by atoms with Crippen LogP contribution < -0.4 is 0 Å². The highest BCUT2D eigenvalue weighted by Gasteiger charge is 2.40. The average Bonchev–Trinajstić information content (AvgIpc) is 3.20. The molecule has 1 aliphatic heterocycles. The maximum Gasteiger partial charge on any atom is 0.410 e. The van der Waals surface area contributed by atoms with Crippen molar-refractivity contribution in [2.45, 2.75) is 43.3 Å². The smallest absolute Gasteiger partial charge is 0.410 e.